The van der Waals surface area contributed by atoms with E-state index in [0.29, 0.717) is 19.1 Å². The summed E-state index contributed by atoms with van der Waals surface area (Å²) in [5, 5.41) is 25.9. The second kappa shape index (κ2) is 8.58. The highest BCUT2D eigenvalue weighted by molar-refractivity contribution is 5.78. The molecule has 0 bridgehead atoms. The predicted octanol–water partition coefficient (Wildman–Crippen LogP) is -0.923. The van der Waals surface area contributed by atoms with Crippen molar-refractivity contribution in [3.8, 4) is 0 Å². The molecule has 3 fully saturated rings. The normalized spacial score (nSPS) is 34.2. The van der Waals surface area contributed by atoms with E-state index in [2.05, 4.69) is 15.5 Å². The molecular weight excluding hydrogens is 310 g/mol. The number of aliphatic hydroxyl groups excluding tert-OH is 2. The van der Waals surface area contributed by atoms with E-state index in [0.717, 1.165) is 39.0 Å². The van der Waals surface area contributed by atoms with Gasteiger partial charge in [0.05, 0.1) is 6.10 Å². The molecular formula is C17H31N3O4. The molecule has 0 spiro atoms. The van der Waals surface area contributed by atoms with Gasteiger partial charge in [-0.1, -0.05) is 0 Å². The van der Waals surface area contributed by atoms with Crippen molar-refractivity contribution in [2.45, 2.75) is 56.5 Å². The summed E-state index contributed by atoms with van der Waals surface area (Å²) < 4.78 is 5.46. The molecule has 0 aromatic carbocycles. The first kappa shape index (κ1) is 18.1. The number of ether oxygens (including phenoxy) is 1. The van der Waals surface area contributed by atoms with Gasteiger partial charge in [0, 0.05) is 25.1 Å². The van der Waals surface area contributed by atoms with Gasteiger partial charge in [0.1, 0.15) is 12.2 Å². The zero-order valence-corrected chi connectivity index (χ0v) is 14.3. The van der Waals surface area contributed by atoms with Gasteiger partial charge in [-0.25, -0.2) is 0 Å². The summed E-state index contributed by atoms with van der Waals surface area (Å²) in [6.07, 6.45) is 2.47. The topological polar surface area (TPSA) is 94.1 Å². The summed E-state index contributed by atoms with van der Waals surface area (Å²) in [5.41, 5.74) is 0. The molecule has 0 saturated carbocycles. The average molecular weight is 341 g/mol. The predicted molar refractivity (Wildman–Crippen MR) is 89.6 cm³/mol. The molecule has 3 heterocycles. The summed E-state index contributed by atoms with van der Waals surface area (Å²) in [4.78, 5) is 14.9. The molecule has 0 aliphatic carbocycles. The second-order valence-corrected chi connectivity index (χ2v) is 7.29. The molecule has 0 radical (unpaired) electrons. The van der Waals surface area contributed by atoms with E-state index in [9.17, 15) is 15.0 Å². The van der Waals surface area contributed by atoms with Crippen LogP contribution in [0.4, 0.5) is 0 Å². The molecule has 3 aliphatic rings. The first-order chi connectivity index (χ1) is 11.6. The van der Waals surface area contributed by atoms with Gasteiger partial charge in [-0.3, -0.25) is 4.79 Å². The molecule has 7 heteroatoms. The SMILES string of the molecule is O=C(NCC1OCCC(O)C1O)C1CCN(C2CCNCC2)CC1. The zero-order chi connectivity index (χ0) is 16.9. The lowest BCUT2D eigenvalue weighted by atomic mass is 9.93. The molecule has 0 aromatic rings. The van der Waals surface area contributed by atoms with Crippen molar-refractivity contribution in [1.82, 2.24) is 15.5 Å². The molecule has 1 amide bonds. The number of hydrogen-bond acceptors (Lipinski definition) is 6. The third kappa shape index (κ3) is 4.46. The lowest BCUT2D eigenvalue weighted by molar-refractivity contribution is -0.140. The Kier molecular flexibility index (Phi) is 6.46. The van der Waals surface area contributed by atoms with Crippen molar-refractivity contribution in [3.63, 3.8) is 0 Å². The van der Waals surface area contributed by atoms with E-state index in [-0.39, 0.29) is 18.4 Å². The van der Waals surface area contributed by atoms with E-state index in [1.807, 2.05) is 0 Å². The summed E-state index contributed by atoms with van der Waals surface area (Å²) in [7, 11) is 0. The van der Waals surface area contributed by atoms with Crippen molar-refractivity contribution in [2.75, 3.05) is 39.3 Å². The van der Waals surface area contributed by atoms with Crippen molar-refractivity contribution in [2.24, 2.45) is 5.92 Å². The smallest absolute Gasteiger partial charge is 0.223 e. The van der Waals surface area contributed by atoms with Crippen LogP contribution < -0.4 is 10.6 Å². The van der Waals surface area contributed by atoms with Gasteiger partial charge in [0.15, 0.2) is 0 Å². The van der Waals surface area contributed by atoms with Gasteiger partial charge >= 0.3 is 0 Å². The molecule has 3 atom stereocenters. The van der Waals surface area contributed by atoms with Crippen LogP contribution in [0.5, 0.6) is 0 Å². The molecule has 0 aromatic heterocycles. The minimum Gasteiger partial charge on any atom is -0.390 e. The van der Waals surface area contributed by atoms with Crippen molar-refractivity contribution < 1.29 is 19.7 Å². The number of nitrogens with one attached hydrogen (secondary N) is 2. The molecule has 3 saturated heterocycles. The number of carbonyl (C=O) groups excluding carboxylic acids is 1. The number of carbonyl (C=O) groups is 1. The van der Waals surface area contributed by atoms with Gasteiger partial charge < -0.3 is 30.5 Å². The first-order valence-electron chi connectivity index (χ1n) is 9.35. The van der Waals surface area contributed by atoms with E-state index < -0.39 is 18.3 Å². The Labute approximate surface area is 143 Å². The minimum absolute atomic E-state index is 0.0497. The minimum atomic E-state index is -0.916. The van der Waals surface area contributed by atoms with Crippen LogP contribution in [0, 0.1) is 5.92 Å². The van der Waals surface area contributed by atoms with Crippen LogP contribution >= 0.6 is 0 Å². The summed E-state index contributed by atoms with van der Waals surface area (Å²) in [6, 6.07) is 0.669. The van der Waals surface area contributed by atoms with E-state index >= 15 is 0 Å². The Morgan fingerprint density at radius 2 is 1.83 bits per heavy atom. The Hall–Kier alpha value is -0.730. The van der Waals surface area contributed by atoms with Gasteiger partial charge in [0.25, 0.3) is 0 Å². The van der Waals surface area contributed by atoms with E-state index in [1.54, 1.807) is 0 Å². The van der Waals surface area contributed by atoms with Crippen LogP contribution in [-0.2, 0) is 9.53 Å². The molecule has 3 aliphatic heterocycles. The number of likely N-dealkylation sites (tertiary alicyclic amines) is 1. The molecule has 3 rings (SSSR count). The monoisotopic (exact) mass is 341 g/mol. The maximum atomic E-state index is 12.4. The Morgan fingerprint density at radius 3 is 2.54 bits per heavy atom. The number of piperidine rings is 2. The highest BCUT2D eigenvalue weighted by atomic mass is 16.5. The summed E-state index contributed by atoms with van der Waals surface area (Å²) in [5.74, 6) is 0.101. The number of hydrogen-bond donors (Lipinski definition) is 4. The lowest BCUT2D eigenvalue weighted by Gasteiger charge is -2.39. The largest absolute Gasteiger partial charge is 0.390 e. The Bertz CT molecular complexity index is 409. The lowest BCUT2D eigenvalue weighted by Crippen LogP contribution is -2.52. The highest BCUT2D eigenvalue weighted by Gasteiger charge is 2.33. The summed E-state index contributed by atoms with van der Waals surface area (Å²) in [6.45, 7) is 4.87. The molecule has 138 valence electrons. The zero-order valence-electron chi connectivity index (χ0n) is 14.3. The number of rotatable bonds is 4. The molecule has 7 nitrogen and oxygen atoms in total. The third-order valence-corrected chi connectivity index (χ3v) is 5.72. The van der Waals surface area contributed by atoms with Gasteiger partial charge in [0.2, 0.25) is 5.91 Å². The third-order valence-electron chi connectivity index (χ3n) is 5.72. The van der Waals surface area contributed by atoms with Crippen molar-refractivity contribution >= 4 is 5.91 Å². The quantitative estimate of drug-likeness (QED) is 0.528. The van der Waals surface area contributed by atoms with E-state index in [1.165, 1.54) is 12.8 Å². The van der Waals surface area contributed by atoms with Crippen LogP contribution in [0.2, 0.25) is 0 Å². The van der Waals surface area contributed by atoms with Gasteiger partial charge in [-0.2, -0.15) is 0 Å². The Morgan fingerprint density at radius 1 is 1.12 bits per heavy atom. The van der Waals surface area contributed by atoms with Crippen LogP contribution in [0.25, 0.3) is 0 Å². The van der Waals surface area contributed by atoms with Crippen molar-refractivity contribution in [1.29, 1.82) is 0 Å². The first-order valence-corrected chi connectivity index (χ1v) is 9.35. The second-order valence-electron chi connectivity index (χ2n) is 7.29. The van der Waals surface area contributed by atoms with Gasteiger partial charge in [-0.05, 0) is 58.3 Å². The van der Waals surface area contributed by atoms with Gasteiger partial charge in [-0.15, -0.1) is 0 Å². The fourth-order valence-electron chi connectivity index (χ4n) is 4.08. The highest BCUT2D eigenvalue weighted by Crippen LogP contribution is 2.22. The average Bonchev–Trinajstić information content (AvgIpc) is 2.63. The standard InChI is InChI=1S/C17H31N3O4/c21-14-5-10-24-15(16(14)22)11-19-17(23)12-3-8-20(9-4-12)13-1-6-18-7-2-13/h12-16,18,21-22H,1-11H2,(H,19,23). The van der Waals surface area contributed by atoms with Crippen LogP contribution in [0.15, 0.2) is 0 Å². The van der Waals surface area contributed by atoms with Crippen LogP contribution in [0.1, 0.15) is 32.1 Å². The van der Waals surface area contributed by atoms with Crippen molar-refractivity contribution in [3.05, 3.63) is 0 Å². The molecule has 4 N–H and O–H groups in total. The number of amides is 1. The van der Waals surface area contributed by atoms with Crippen LogP contribution in [0.3, 0.4) is 0 Å². The Balaban J connectivity index is 1.39. The van der Waals surface area contributed by atoms with Crippen LogP contribution in [-0.4, -0.2) is 84.7 Å². The molecule has 24 heavy (non-hydrogen) atoms. The maximum absolute atomic E-state index is 12.4. The number of aliphatic hydroxyl groups is 2. The fourth-order valence-corrected chi connectivity index (χ4v) is 4.08. The van der Waals surface area contributed by atoms with E-state index in [4.69, 9.17) is 4.74 Å². The molecule has 3 unspecified atom stereocenters. The fraction of sp³-hybridized carbons (Fsp3) is 0.941. The maximum Gasteiger partial charge on any atom is 0.223 e. The number of nitrogens with zero attached hydrogens (tertiary/aromatic N) is 1. The summed E-state index contributed by atoms with van der Waals surface area (Å²) >= 11 is 0.